The molecule has 0 aliphatic carbocycles. The first-order chi connectivity index (χ1) is 5.54. The molecule has 0 aliphatic rings. The summed E-state index contributed by atoms with van der Waals surface area (Å²) in [5, 5.41) is 0. The SMILES string of the molecule is CC(=O)c1ccc(Br)c(I)c1C. The van der Waals surface area contributed by atoms with Gasteiger partial charge in [0.2, 0.25) is 0 Å². The van der Waals surface area contributed by atoms with Gasteiger partial charge in [0.15, 0.2) is 5.78 Å². The van der Waals surface area contributed by atoms with E-state index in [1.165, 1.54) is 0 Å². The van der Waals surface area contributed by atoms with Gasteiger partial charge in [-0.05, 0) is 70.1 Å². The second kappa shape index (κ2) is 3.87. The number of ketones is 1. The van der Waals surface area contributed by atoms with Gasteiger partial charge in [-0.15, -0.1) is 0 Å². The second-order valence-corrected chi connectivity index (χ2v) is 4.52. The molecule has 0 bridgehead atoms. The molecular weight excluding hydrogens is 331 g/mol. The lowest BCUT2D eigenvalue weighted by Gasteiger charge is -2.05. The summed E-state index contributed by atoms with van der Waals surface area (Å²) in [5.74, 6) is 0.123. The maximum atomic E-state index is 11.1. The molecule has 0 atom stereocenters. The van der Waals surface area contributed by atoms with E-state index in [1.807, 2.05) is 19.1 Å². The van der Waals surface area contributed by atoms with Crippen molar-refractivity contribution in [3.63, 3.8) is 0 Å². The van der Waals surface area contributed by atoms with Gasteiger partial charge in [-0.2, -0.15) is 0 Å². The Kier molecular flexibility index (Phi) is 3.29. The van der Waals surface area contributed by atoms with Crippen molar-refractivity contribution in [2.75, 3.05) is 0 Å². The van der Waals surface area contributed by atoms with Crippen LogP contribution < -0.4 is 0 Å². The van der Waals surface area contributed by atoms with Gasteiger partial charge in [0.05, 0.1) is 0 Å². The van der Waals surface area contributed by atoms with E-state index in [1.54, 1.807) is 6.92 Å². The smallest absolute Gasteiger partial charge is 0.160 e. The average molecular weight is 339 g/mol. The summed E-state index contributed by atoms with van der Waals surface area (Å²) >= 11 is 5.64. The van der Waals surface area contributed by atoms with Crippen LogP contribution in [0, 0.1) is 10.5 Å². The summed E-state index contributed by atoms with van der Waals surface area (Å²) < 4.78 is 2.16. The fourth-order valence-corrected chi connectivity index (χ4v) is 1.93. The molecular formula is C9H8BrIO. The lowest BCUT2D eigenvalue weighted by Crippen LogP contribution is -1.98. The summed E-state index contributed by atoms with van der Waals surface area (Å²) in [5.41, 5.74) is 1.86. The minimum absolute atomic E-state index is 0.123. The highest BCUT2D eigenvalue weighted by molar-refractivity contribution is 14.1. The molecule has 0 spiro atoms. The molecule has 0 amide bonds. The van der Waals surface area contributed by atoms with Crippen molar-refractivity contribution in [2.24, 2.45) is 0 Å². The molecule has 0 saturated heterocycles. The Labute approximate surface area is 93.8 Å². The first kappa shape index (κ1) is 10.2. The van der Waals surface area contributed by atoms with E-state index in [0.717, 1.165) is 19.2 Å². The van der Waals surface area contributed by atoms with E-state index in [4.69, 9.17) is 0 Å². The van der Waals surface area contributed by atoms with Crippen LogP contribution in [0.2, 0.25) is 0 Å². The van der Waals surface area contributed by atoms with Crippen LogP contribution in [0.4, 0.5) is 0 Å². The summed E-state index contributed by atoms with van der Waals surface area (Å²) in [4.78, 5) is 11.1. The van der Waals surface area contributed by atoms with Crippen LogP contribution in [0.5, 0.6) is 0 Å². The van der Waals surface area contributed by atoms with Gasteiger partial charge >= 0.3 is 0 Å². The molecule has 64 valence electrons. The zero-order valence-corrected chi connectivity index (χ0v) is 10.6. The lowest BCUT2D eigenvalue weighted by atomic mass is 10.1. The third-order valence-electron chi connectivity index (χ3n) is 1.72. The maximum absolute atomic E-state index is 11.1. The van der Waals surface area contributed by atoms with Gasteiger partial charge in [0, 0.05) is 13.6 Å². The van der Waals surface area contributed by atoms with Gasteiger partial charge in [-0.1, -0.05) is 0 Å². The Balaban J connectivity index is 3.36. The molecule has 1 aromatic rings. The standard InChI is InChI=1S/C9H8BrIO/c1-5-7(6(2)12)3-4-8(10)9(5)11/h3-4H,1-2H3. The third-order valence-corrected chi connectivity index (χ3v) is 4.51. The molecule has 1 rings (SSSR count). The molecule has 1 nitrogen and oxygen atoms in total. The van der Waals surface area contributed by atoms with Crippen molar-refractivity contribution >= 4 is 44.3 Å². The lowest BCUT2D eigenvalue weighted by molar-refractivity contribution is 0.101. The Hall–Kier alpha value is 0.1000. The Morgan fingerprint density at radius 3 is 2.58 bits per heavy atom. The van der Waals surface area contributed by atoms with Gasteiger partial charge in [-0.25, -0.2) is 0 Å². The minimum Gasteiger partial charge on any atom is -0.295 e. The van der Waals surface area contributed by atoms with E-state index < -0.39 is 0 Å². The number of hydrogen-bond donors (Lipinski definition) is 0. The van der Waals surface area contributed by atoms with Crippen LogP contribution in [0.15, 0.2) is 16.6 Å². The Bertz CT molecular complexity index is 334. The van der Waals surface area contributed by atoms with Gasteiger partial charge in [-0.3, -0.25) is 4.79 Å². The number of carbonyl (C=O) groups is 1. The van der Waals surface area contributed by atoms with Crippen LogP contribution in [0.3, 0.4) is 0 Å². The van der Waals surface area contributed by atoms with Gasteiger partial charge < -0.3 is 0 Å². The minimum atomic E-state index is 0.123. The molecule has 0 radical (unpaired) electrons. The third kappa shape index (κ3) is 1.88. The van der Waals surface area contributed by atoms with Crippen LogP contribution in [0.25, 0.3) is 0 Å². The number of halogens is 2. The number of hydrogen-bond acceptors (Lipinski definition) is 1. The topological polar surface area (TPSA) is 17.1 Å². The van der Waals surface area contributed by atoms with Crippen molar-refractivity contribution in [1.29, 1.82) is 0 Å². The van der Waals surface area contributed by atoms with Crippen molar-refractivity contribution in [2.45, 2.75) is 13.8 Å². The molecule has 0 aliphatic heterocycles. The Morgan fingerprint density at radius 1 is 1.50 bits per heavy atom. The first-order valence-electron chi connectivity index (χ1n) is 3.49. The number of carbonyl (C=O) groups excluding carboxylic acids is 1. The highest BCUT2D eigenvalue weighted by Gasteiger charge is 2.08. The predicted molar refractivity (Wildman–Crippen MR) is 61.6 cm³/mol. The number of benzene rings is 1. The highest BCUT2D eigenvalue weighted by atomic mass is 127. The first-order valence-corrected chi connectivity index (χ1v) is 5.36. The molecule has 0 N–H and O–H groups in total. The Morgan fingerprint density at radius 2 is 2.08 bits per heavy atom. The quantitative estimate of drug-likeness (QED) is 0.565. The normalized spacial score (nSPS) is 10.0. The molecule has 0 heterocycles. The maximum Gasteiger partial charge on any atom is 0.160 e. The van der Waals surface area contributed by atoms with Crippen LogP contribution in [-0.2, 0) is 0 Å². The van der Waals surface area contributed by atoms with Crippen molar-refractivity contribution in [3.05, 3.63) is 31.3 Å². The zero-order valence-electron chi connectivity index (χ0n) is 6.82. The van der Waals surface area contributed by atoms with Crippen LogP contribution >= 0.6 is 38.5 Å². The van der Waals surface area contributed by atoms with E-state index in [9.17, 15) is 4.79 Å². The van der Waals surface area contributed by atoms with Crippen molar-refractivity contribution in [1.82, 2.24) is 0 Å². The monoisotopic (exact) mass is 338 g/mol. The molecule has 3 heteroatoms. The molecule has 0 saturated carbocycles. The summed E-state index contributed by atoms with van der Waals surface area (Å²) in [7, 11) is 0. The van der Waals surface area contributed by atoms with E-state index in [2.05, 4.69) is 38.5 Å². The van der Waals surface area contributed by atoms with E-state index in [0.29, 0.717) is 0 Å². The van der Waals surface area contributed by atoms with E-state index >= 15 is 0 Å². The van der Waals surface area contributed by atoms with Gasteiger partial charge in [0.1, 0.15) is 0 Å². The molecule has 1 aromatic carbocycles. The summed E-state index contributed by atoms with van der Waals surface area (Å²) in [6.45, 7) is 3.55. The number of Topliss-reactive ketones (excluding diaryl/α,β-unsaturated/α-hetero) is 1. The van der Waals surface area contributed by atoms with Crippen LogP contribution in [0.1, 0.15) is 22.8 Å². The molecule has 12 heavy (non-hydrogen) atoms. The average Bonchev–Trinajstić information content (AvgIpc) is 2.00. The van der Waals surface area contributed by atoms with E-state index in [-0.39, 0.29) is 5.78 Å². The fraction of sp³-hybridized carbons (Fsp3) is 0.222. The summed E-state index contributed by atoms with van der Waals surface area (Å²) in [6.07, 6.45) is 0. The molecule has 0 unspecified atom stereocenters. The second-order valence-electron chi connectivity index (χ2n) is 2.59. The molecule has 0 aromatic heterocycles. The van der Waals surface area contributed by atoms with Gasteiger partial charge in [0.25, 0.3) is 0 Å². The fourth-order valence-electron chi connectivity index (χ4n) is 1.03. The van der Waals surface area contributed by atoms with Crippen molar-refractivity contribution < 1.29 is 4.79 Å². The molecule has 0 fully saturated rings. The highest BCUT2D eigenvalue weighted by Crippen LogP contribution is 2.25. The predicted octanol–water partition coefficient (Wildman–Crippen LogP) is 3.56. The van der Waals surface area contributed by atoms with Crippen LogP contribution in [-0.4, -0.2) is 5.78 Å². The van der Waals surface area contributed by atoms with Crippen molar-refractivity contribution in [3.8, 4) is 0 Å². The number of rotatable bonds is 1. The zero-order chi connectivity index (χ0) is 9.30. The summed E-state index contributed by atoms with van der Waals surface area (Å²) in [6, 6.07) is 3.76. The largest absolute Gasteiger partial charge is 0.295 e.